The molecular weight excluding hydrogens is 472 g/mol. The number of nitrogens with zero attached hydrogens (tertiary/aromatic N) is 1. The summed E-state index contributed by atoms with van der Waals surface area (Å²) < 4.78 is 0. The van der Waals surface area contributed by atoms with E-state index in [9.17, 15) is 9.59 Å². The summed E-state index contributed by atoms with van der Waals surface area (Å²) in [6, 6.07) is 14.8. The molecule has 0 atom stereocenters. The molecule has 3 N–H and O–H groups in total. The van der Waals surface area contributed by atoms with E-state index in [1.165, 1.54) is 31.2 Å². The summed E-state index contributed by atoms with van der Waals surface area (Å²) in [5, 5.41) is 6.10. The number of aromatic nitrogens is 1. The number of hydrogen-bond acceptors (Lipinski definition) is 3. The van der Waals surface area contributed by atoms with Crippen LogP contribution in [0.2, 0.25) is 0 Å². The largest absolute Gasteiger partial charge is 0.358 e. The standard InChI is InChI=1S/C32H38N4O2/c1-4-5-8-23-9-11-24(12-10-23)25-13-14-26-27(31(37)35-29(26)19-25)20-28-21(2)30(22(3)34-28)32(38)33-15-18-36-16-6-7-17-36/h9-14,19-20,34H,4-8,15-18H2,1-3H3,(H,33,38)(H,35,37)/b27-20-. The van der Waals surface area contributed by atoms with Gasteiger partial charge in [-0.25, -0.2) is 0 Å². The van der Waals surface area contributed by atoms with Gasteiger partial charge in [0.1, 0.15) is 0 Å². The van der Waals surface area contributed by atoms with Gasteiger partial charge in [-0.1, -0.05) is 49.7 Å². The number of amides is 2. The number of carbonyl (C=O) groups excluding carboxylic acids is 2. The Balaban J connectivity index is 1.33. The van der Waals surface area contributed by atoms with Crippen molar-refractivity contribution in [3.05, 3.63) is 76.1 Å². The minimum absolute atomic E-state index is 0.0678. The Bertz CT molecular complexity index is 1360. The maximum atomic E-state index is 13.0. The number of nitrogens with one attached hydrogen (secondary N) is 3. The second-order valence-electron chi connectivity index (χ2n) is 10.5. The minimum Gasteiger partial charge on any atom is -0.358 e. The Labute approximate surface area is 225 Å². The fourth-order valence-electron chi connectivity index (χ4n) is 5.59. The Hall–Kier alpha value is -3.64. The SMILES string of the molecule is CCCCc1ccc(-c2ccc3c(c2)NC(=O)/C3=C\c2[nH]c(C)c(C(=O)NCCN3CCCC3)c2C)cc1. The molecule has 5 rings (SSSR count). The number of rotatable bonds is 9. The first kappa shape index (κ1) is 26.0. The van der Waals surface area contributed by atoms with Crippen LogP contribution in [-0.2, 0) is 11.2 Å². The molecule has 0 saturated carbocycles. The number of likely N-dealkylation sites (tertiary alicyclic amines) is 1. The first-order chi connectivity index (χ1) is 18.4. The van der Waals surface area contributed by atoms with Crippen molar-refractivity contribution in [2.24, 2.45) is 0 Å². The summed E-state index contributed by atoms with van der Waals surface area (Å²) in [6.45, 7) is 9.81. The molecule has 1 aromatic heterocycles. The molecule has 0 unspecified atom stereocenters. The zero-order valence-electron chi connectivity index (χ0n) is 22.7. The first-order valence-corrected chi connectivity index (χ1v) is 13.9. The average Bonchev–Trinajstić information content (AvgIpc) is 3.61. The number of fused-ring (bicyclic) bond motifs is 1. The van der Waals surface area contributed by atoms with Crippen molar-refractivity contribution in [3.8, 4) is 11.1 Å². The molecule has 6 heteroatoms. The summed E-state index contributed by atoms with van der Waals surface area (Å²) in [4.78, 5) is 31.6. The summed E-state index contributed by atoms with van der Waals surface area (Å²) in [5.41, 5.74) is 8.98. The van der Waals surface area contributed by atoms with Crippen LogP contribution < -0.4 is 10.6 Å². The number of aryl methyl sites for hydroxylation is 2. The molecule has 198 valence electrons. The first-order valence-electron chi connectivity index (χ1n) is 13.9. The molecular formula is C32H38N4O2. The van der Waals surface area contributed by atoms with Crippen LogP contribution in [0.4, 0.5) is 5.69 Å². The van der Waals surface area contributed by atoms with Crippen LogP contribution in [0, 0.1) is 13.8 Å². The van der Waals surface area contributed by atoms with Gasteiger partial charge in [-0.05, 0) is 87.0 Å². The second kappa shape index (κ2) is 11.4. The van der Waals surface area contributed by atoms with Gasteiger partial charge in [-0.2, -0.15) is 0 Å². The molecule has 0 spiro atoms. The zero-order valence-corrected chi connectivity index (χ0v) is 22.7. The fourth-order valence-corrected chi connectivity index (χ4v) is 5.59. The highest BCUT2D eigenvalue weighted by atomic mass is 16.2. The van der Waals surface area contributed by atoms with E-state index >= 15 is 0 Å². The van der Waals surface area contributed by atoms with Gasteiger partial charge in [-0.15, -0.1) is 0 Å². The number of anilines is 1. The third kappa shape index (κ3) is 5.46. The van der Waals surface area contributed by atoms with E-state index in [1.54, 1.807) is 0 Å². The highest BCUT2D eigenvalue weighted by Gasteiger charge is 2.26. The monoisotopic (exact) mass is 510 g/mol. The van der Waals surface area contributed by atoms with Crippen LogP contribution >= 0.6 is 0 Å². The van der Waals surface area contributed by atoms with Crippen molar-refractivity contribution in [2.75, 3.05) is 31.5 Å². The van der Waals surface area contributed by atoms with Crippen LogP contribution in [0.1, 0.15) is 71.0 Å². The lowest BCUT2D eigenvalue weighted by molar-refractivity contribution is -0.110. The summed E-state index contributed by atoms with van der Waals surface area (Å²) in [5.74, 6) is -0.197. The van der Waals surface area contributed by atoms with Crippen molar-refractivity contribution >= 4 is 29.2 Å². The molecule has 0 aliphatic carbocycles. The smallest absolute Gasteiger partial charge is 0.256 e. The van der Waals surface area contributed by atoms with Crippen molar-refractivity contribution in [2.45, 2.75) is 52.9 Å². The van der Waals surface area contributed by atoms with Gasteiger partial charge in [0.05, 0.1) is 11.1 Å². The van der Waals surface area contributed by atoms with E-state index in [4.69, 9.17) is 0 Å². The van der Waals surface area contributed by atoms with Gasteiger partial charge in [-0.3, -0.25) is 9.59 Å². The van der Waals surface area contributed by atoms with Gasteiger partial charge in [0.2, 0.25) is 0 Å². The van der Waals surface area contributed by atoms with Crippen molar-refractivity contribution in [3.63, 3.8) is 0 Å². The Morgan fingerprint density at radius 2 is 1.79 bits per heavy atom. The molecule has 6 nitrogen and oxygen atoms in total. The molecule has 2 amide bonds. The maximum Gasteiger partial charge on any atom is 0.256 e. The maximum absolute atomic E-state index is 13.0. The molecule has 0 bridgehead atoms. The lowest BCUT2D eigenvalue weighted by Gasteiger charge is -2.14. The van der Waals surface area contributed by atoms with Gasteiger partial charge < -0.3 is 20.5 Å². The number of hydrogen-bond donors (Lipinski definition) is 3. The number of benzene rings is 2. The summed E-state index contributed by atoms with van der Waals surface area (Å²) >= 11 is 0. The van der Waals surface area contributed by atoms with E-state index in [1.807, 2.05) is 32.1 Å². The molecule has 38 heavy (non-hydrogen) atoms. The quantitative estimate of drug-likeness (QED) is 0.311. The second-order valence-corrected chi connectivity index (χ2v) is 10.5. The third-order valence-corrected chi connectivity index (χ3v) is 7.81. The van der Waals surface area contributed by atoms with Crippen molar-refractivity contribution in [1.29, 1.82) is 0 Å². The molecule has 1 fully saturated rings. The van der Waals surface area contributed by atoms with Crippen molar-refractivity contribution in [1.82, 2.24) is 15.2 Å². The number of unbranched alkanes of at least 4 members (excludes halogenated alkanes) is 1. The molecule has 0 radical (unpaired) electrons. The highest BCUT2D eigenvalue weighted by Crippen LogP contribution is 2.37. The molecule has 2 aliphatic rings. The lowest BCUT2D eigenvalue weighted by Crippen LogP contribution is -2.33. The minimum atomic E-state index is -0.129. The van der Waals surface area contributed by atoms with Gasteiger partial charge in [0.15, 0.2) is 0 Å². The predicted molar refractivity (Wildman–Crippen MR) is 155 cm³/mol. The van der Waals surface area contributed by atoms with Crippen LogP contribution in [-0.4, -0.2) is 47.9 Å². The third-order valence-electron chi connectivity index (χ3n) is 7.81. The van der Waals surface area contributed by atoms with Crippen molar-refractivity contribution < 1.29 is 9.59 Å². The van der Waals surface area contributed by atoms with Gasteiger partial charge >= 0.3 is 0 Å². The lowest BCUT2D eigenvalue weighted by atomic mass is 9.98. The zero-order chi connectivity index (χ0) is 26.6. The van der Waals surface area contributed by atoms with Crippen LogP contribution in [0.25, 0.3) is 22.8 Å². The Kier molecular flexibility index (Phi) is 7.79. The number of carbonyl (C=O) groups is 2. The average molecular weight is 511 g/mol. The summed E-state index contributed by atoms with van der Waals surface area (Å²) in [7, 11) is 0. The highest BCUT2D eigenvalue weighted by molar-refractivity contribution is 6.35. The van der Waals surface area contributed by atoms with Crippen LogP contribution in [0.3, 0.4) is 0 Å². The van der Waals surface area contributed by atoms with Gasteiger partial charge in [0, 0.05) is 35.7 Å². The van der Waals surface area contributed by atoms with Crippen LogP contribution in [0.15, 0.2) is 42.5 Å². The Morgan fingerprint density at radius 3 is 2.53 bits per heavy atom. The van der Waals surface area contributed by atoms with Gasteiger partial charge in [0.25, 0.3) is 11.8 Å². The molecule has 3 aromatic rings. The number of aromatic amines is 1. The van der Waals surface area contributed by atoms with E-state index in [0.29, 0.717) is 17.7 Å². The molecule has 2 aromatic carbocycles. The summed E-state index contributed by atoms with van der Waals surface area (Å²) in [6.07, 6.45) is 7.84. The topological polar surface area (TPSA) is 77.2 Å². The van der Waals surface area contributed by atoms with E-state index in [-0.39, 0.29) is 11.8 Å². The fraction of sp³-hybridized carbons (Fsp3) is 0.375. The predicted octanol–water partition coefficient (Wildman–Crippen LogP) is 5.96. The van der Waals surface area contributed by atoms with E-state index in [0.717, 1.165) is 65.4 Å². The van der Waals surface area contributed by atoms with E-state index in [2.05, 4.69) is 57.8 Å². The Morgan fingerprint density at radius 1 is 1.05 bits per heavy atom. The van der Waals surface area contributed by atoms with E-state index < -0.39 is 0 Å². The molecule has 1 saturated heterocycles. The molecule has 2 aliphatic heterocycles. The number of H-pyrrole nitrogens is 1. The van der Waals surface area contributed by atoms with Crippen LogP contribution in [0.5, 0.6) is 0 Å². The molecule has 3 heterocycles. The normalized spacial score (nSPS) is 16.2.